The predicted octanol–water partition coefficient (Wildman–Crippen LogP) is 5.02. The second-order valence-corrected chi connectivity index (χ2v) is 11.1. The van der Waals surface area contributed by atoms with Crippen LogP contribution >= 0.6 is 0 Å². The third-order valence-electron chi connectivity index (χ3n) is 9.84. The van der Waals surface area contributed by atoms with Gasteiger partial charge >= 0.3 is 0 Å². The summed E-state index contributed by atoms with van der Waals surface area (Å²) in [5.74, 6) is 3.54. The zero-order chi connectivity index (χ0) is 21.9. The topological polar surface area (TPSA) is 59.8 Å². The van der Waals surface area contributed by atoms with Crippen molar-refractivity contribution in [3.8, 4) is 0 Å². The van der Waals surface area contributed by atoms with E-state index in [1.165, 1.54) is 25.7 Å². The van der Waals surface area contributed by atoms with Crippen LogP contribution in [0.2, 0.25) is 0 Å². The molecule has 7 atom stereocenters. The fraction of sp³-hybridized carbons (Fsp3) is 0.593. The summed E-state index contributed by atoms with van der Waals surface area (Å²) >= 11 is 0. The minimum Gasteiger partial charge on any atom is -0.350 e. The van der Waals surface area contributed by atoms with E-state index in [1.807, 2.05) is 24.4 Å². The van der Waals surface area contributed by atoms with Crippen molar-refractivity contribution in [2.45, 2.75) is 65.0 Å². The van der Waals surface area contributed by atoms with Crippen LogP contribution in [0, 0.1) is 34.5 Å². The Hall–Kier alpha value is -2.43. The summed E-state index contributed by atoms with van der Waals surface area (Å²) in [6, 6.07) is 6.39. The third kappa shape index (κ3) is 2.85. The summed E-state index contributed by atoms with van der Waals surface area (Å²) in [6.45, 7) is 5.44. The number of fused-ring (bicyclic) bond motifs is 7. The highest BCUT2D eigenvalue weighted by Crippen LogP contribution is 2.67. The lowest BCUT2D eigenvalue weighted by Gasteiger charge is -2.59. The van der Waals surface area contributed by atoms with Gasteiger partial charge in [-0.05, 0) is 79.9 Å². The van der Waals surface area contributed by atoms with E-state index in [2.05, 4.69) is 52.0 Å². The van der Waals surface area contributed by atoms with E-state index >= 15 is 0 Å². The average molecular weight is 431 g/mol. The fourth-order valence-corrected chi connectivity index (χ4v) is 8.25. The zero-order valence-electron chi connectivity index (χ0n) is 19.2. The molecule has 0 radical (unpaired) electrons. The Morgan fingerprint density at radius 2 is 2.00 bits per heavy atom. The lowest BCUT2D eigenvalue weighted by atomic mass is 9.48. The van der Waals surface area contributed by atoms with E-state index in [0.29, 0.717) is 24.4 Å². The first-order chi connectivity index (χ1) is 15.5. The van der Waals surface area contributed by atoms with Gasteiger partial charge in [0.2, 0.25) is 5.91 Å². The monoisotopic (exact) mass is 430 g/mol. The van der Waals surface area contributed by atoms with Crippen molar-refractivity contribution in [1.82, 2.24) is 19.9 Å². The van der Waals surface area contributed by atoms with E-state index in [4.69, 9.17) is 0 Å². The maximum Gasteiger partial charge on any atom is 0.223 e. The number of allylic oxidation sites excluding steroid dienone is 1. The van der Waals surface area contributed by atoms with Crippen molar-refractivity contribution in [2.75, 3.05) is 0 Å². The molecule has 32 heavy (non-hydrogen) atoms. The van der Waals surface area contributed by atoms with E-state index in [9.17, 15) is 4.79 Å². The number of carbonyl (C=O) groups is 1. The second kappa shape index (κ2) is 7.29. The molecular formula is C27H34N4O. The minimum atomic E-state index is 0.122. The van der Waals surface area contributed by atoms with Crippen LogP contribution in [0.4, 0.5) is 0 Å². The molecule has 0 spiro atoms. The SMILES string of the molecule is C[C@]12CC[C@H]3[C@@H](CCC4n5ccnc5C=C[C@@]43C)[C@@H]1CC[C@@H]2C(=O)NCc1ccccn1. The van der Waals surface area contributed by atoms with Crippen molar-refractivity contribution >= 4 is 12.0 Å². The fourth-order valence-electron chi connectivity index (χ4n) is 8.25. The first-order valence-electron chi connectivity index (χ1n) is 12.4. The van der Waals surface area contributed by atoms with Gasteiger partial charge in [0.05, 0.1) is 12.2 Å². The number of nitrogens with one attached hydrogen (secondary N) is 1. The van der Waals surface area contributed by atoms with Crippen LogP contribution in [-0.2, 0) is 11.3 Å². The largest absolute Gasteiger partial charge is 0.350 e. The van der Waals surface area contributed by atoms with E-state index in [0.717, 1.165) is 30.3 Å². The molecule has 3 aliphatic carbocycles. The molecule has 1 aliphatic heterocycles. The van der Waals surface area contributed by atoms with Gasteiger partial charge < -0.3 is 9.88 Å². The van der Waals surface area contributed by atoms with Gasteiger partial charge in [0.25, 0.3) is 0 Å². The molecule has 1 unspecified atom stereocenters. The minimum absolute atomic E-state index is 0.122. The standard InChI is InChI=1S/C27H34N4O/c1-26-12-10-21-19(6-9-23-27(21,2)13-11-24-29-15-16-31(23)24)20(26)7-8-22(26)25(32)30-17-18-5-3-4-14-28-18/h3-5,11,13-16,19-23H,6-10,12,17H2,1-2H3,(H,30,32)/t19-,20-,21-,22+,23?,26-,27+/m0/s1. The Morgan fingerprint density at radius 3 is 2.84 bits per heavy atom. The van der Waals surface area contributed by atoms with Crippen LogP contribution in [0.25, 0.3) is 6.08 Å². The van der Waals surface area contributed by atoms with Crippen LogP contribution < -0.4 is 5.32 Å². The highest BCUT2D eigenvalue weighted by atomic mass is 16.1. The maximum atomic E-state index is 13.3. The summed E-state index contributed by atoms with van der Waals surface area (Å²) in [5.41, 5.74) is 1.24. The van der Waals surface area contributed by atoms with Crippen molar-refractivity contribution in [2.24, 2.45) is 34.5 Å². The Morgan fingerprint density at radius 1 is 1.09 bits per heavy atom. The number of nitrogens with zero attached hydrogens (tertiary/aromatic N) is 3. The Kier molecular flexibility index (Phi) is 4.60. The Bertz CT molecular complexity index is 1040. The molecule has 3 fully saturated rings. The predicted molar refractivity (Wildman–Crippen MR) is 124 cm³/mol. The van der Waals surface area contributed by atoms with Gasteiger partial charge in [-0.3, -0.25) is 9.78 Å². The quantitative estimate of drug-likeness (QED) is 0.744. The molecule has 6 rings (SSSR count). The number of imidazole rings is 1. The number of aromatic nitrogens is 3. The molecule has 5 nitrogen and oxygen atoms in total. The lowest BCUT2D eigenvalue weighted by Crippen LogP contribution is -2.53. The third-order valence-corrected chi connectivity index (χ3v) is 9.84. The number of rotatable bonds is 3. The number of pyridine rings is 1. The van der Waals surface area contributed by atoms with Crippen LogP contribution in [-0.4, -0.2) is 20.4 Å². The molecule has 1 amide bonds. The van der Waals surface area contributed by atoms with Gasteiger partial charge in [-0.25, -0.2) is 4.98 Å². The van der Waals surface area contributed by atoms with Crippen LogP contribution in [0.3, 0.4) is 0 Å². The molecule has 168 valence electrons. The van der Waals surface area contributed by atoms with Crippen LogP contribution in [0.1, 0.15) is 69.9 Å². The summed E-state index contributed by atoms with van der Waals surface area (Å²) in [5, 5.41) is 3.21. The van der Waals surface area contributed by atoms with Gasteiger partial charge in [-0.1, -0.05) is 26.0 Å². The Labute approximate surface area is 190 Å². The number of carbonyl (C=O) groups excluding carboxylic acids is 1. The van der Waals surface area contributed by atoms with Gasteiger partial charge in [0.1, 0.15) is 5.82 Å². The molecule has 2 aromatic rings. The van der Waals surface area contributed by atoms with Crippen LogP contribution in [0.5, 0.6) is 0 Å². The molecule has 0 saturated heterocycles. The number of hydrogen-bond donors (Lipinski definition) is 1. The Balaban J connectivity index is 1.21. The molecule has 4 aliphatic rings. The maximum absolute atomic E-state index is 13.3. The molecule has 3 heterocycles. The summed E-state index contributed by atoms with van der Waals surface area (Å²) < 4.78 is 2.42. The molecule has 0 bridgehead atoms. The first kappa shape index (κ1) is 20.2. The normalized spacial score (nSPS) is 39.5. The zero-order valence-corrected chi connectivity index (χ0v) is 19.2. The van der Waals surface area contributed by atoms with E-state index < -0.39 is 0 Å². The van der Waals surface area contributed by atoms with Gasteiger partial charge in [0.15, 0.2) is 0 Å². The van der Waals surface area contributed by atoms with E-state index in [-0.39, 0.29) is 22.7 Å². The highest BCUT2D eigenvalue weighted by Gasteiger charge is 2.61. The summed E-state index contributed by atoms with van der Waals surface area (Å²) in [7, 11) is 0. The molecule has 5 heteroatoms. The van der Waals surface area contributed by atoms with Gasteiger partial charge in [-0.15, -0.1) is 0 Å². The molecule has 2 aromatic heterocycles. The van der Waals surface area contributed by atoms with Crippen molar-refractivity contribution in [3.05, 3.63) is 54.4 Å². The summed E-state index contributed by atoms with van der Waals surface area (Å²) in [6.07, 6.45) is 17.7. The molecule has 0 aromatic carbocycles. The molecule has 1 N–H and O–H groups in total. The van der Waals surface area contributed by atoms with Crippen molar-refractivity contribution in [3.63, 3.8) is 0 Å². The van der Waals surface area contributed by atoms with Crippen molar-refractivity contribution in [1.29, 1.82) is 0 Å². The average Bonchev–Trinajstić information content (AvgIpc) is 3.42. The van der Waals surface area contributed by atoms with E-state index in [1.54, 1.807) is 6.20 Å². The van der Waals surface area contributed by atoms with Gasteiger partial charge in [-0.2, -0.15) is 0 Å². The molecular weight excluding hydrogens is 396 g/mol. The molecule has 3 saturated carbocycles. The highest BCUT2D eigenvalue weighted by molar-refractivity contribution is 5.80. The summed E-state index contributed by atoms with van der Waals surface area (Å²) in [4.78, 5) is 22.2. The first-order valence-corrected chi connectivity index (χ1v) is 12.4. The second-order valence-electron chi connectivity index (χ2n) is 11.1. The van der Waals surface area contributed by atoms with Crippen LogP contribution in [0.15, 0.2) is 42.9 Å². The van der Waals surface area contributed by atoms with Gasteiger partial charge in [0, 0.05) is 36.0 Å². The smallest absolute Gasteiger partial charge is 0.223 e. The van der Waals surface area contributed by atoms with Crippen molar-refractivity contribution < 1.29 is 4.79 Å². The number of amides is 1. The lowest BCUT2D eigenvalue weighted by molar-refractivity contribution is -0.133. The number of hydrogen-bond acceptors (Lipinski definition) is 3.